The van der Waals surface area contributed by atoms with Gasteiger partial charge in [-0.25, -0.2) is 4.39 Å². The van der Waals surface area contributed by atoms with E-state index in [1.165, 1.54) is 12.1 Å². The molecule has 0 aliphatic heterocycles. The third-order valence-electron chi connectivity index (χ3n) is 4.06. The van der Waals surface area contributed by atoms with Crippen LogP contribution in [0.2, 0.25) is 0 Å². The van der Waals surface area contributed by atoms with Gasteiger partial charge in [0.1, 0.15) is 5.82 Å². The molecule has 0 saturated carbocycles. The van der Waals surface area contributed by atoms with Gasteiger partial charge in [0.25, 0.3) is 0 Å². The van der Waals surface area contributed by atoms with Gasteiger partial charge in [0.2, 0.25) is 11.8 Å². The molecular weight excluding hydrogens is 369 g/mol. The van der Waals surface area contributed by atoms with Crippen LogP contribution in [0.4, 0.5) is 4.39 Å². The quantitative estimate of drug-likeness (QED) is 0.675. The Balaban J connectivity index is 0.00000364. The number of carbonyl (C=O) groups excluding carboxylic acids is 2. The number of carbonyl (C=O) groups is 2. The number of nitrogens with two attached hydrogens (primary N) is 1. The lowest BCUT2D eigenvalue weighted by Crippen LogP contribution is -2.47. The number of hydrogen-bond donors (Lipinski definition) is 3. The molecule has 27 heavy (non-hydrogen) atoms. The van der Waals surface area contributed by atoms with Crippen LogP contribution in [-0.4, -0.2) is 24.4 Å². The summed E-state index contributed by atoms with van der Waals surface area (Å²) in [7, 11) is 0. The standard InChI is InChI=1S/C20H24FN3O2.ClH/c1-13(2)18(22)20(26)23-12-17(25)24-19(14-7-4-3-5-8-14)15-9-6-10-16(21)11-15;/h3-11,13,18-19H,12,22H2,1-2H3,(H,23,26)(H,24,25);1H/t18-,19?;/m0./s1. The zero-order chi connectivity index (χ0) is 19.1. The van der Waals surface area contributed by atoms with E-state index < -0.39 is 12.1 Å². The molecule has 146 valence electrons. The van der Waals surface area contributed by atoms with Crippen molar-refractivity contribution >= 4 is 24.2 Å². The minimum Gasteiger partial charge on any atom is -0.346 e. The molecule has 0 bridgehead atoms. The number of benzene rings is 2. The SMILES string of the molecule is CC(C)[C@H](N)C(=O)NCC(=O)NC(c1ccccc1)c1cccc(F)c1.Cl. The van der Waals surface area contributed by atoms with Gasteiger partial charge in [-0.05, 0) is 29.2 Å². The Morgan fingerprint density at radius 3 is 2.26 bits per heavy atom. The highest BCUT2D eigenvalue weighted by Crippen LogP contribution is 2.22. The lowest BCUT2D eigenvalue weighted by Gasteiger charge is -2.21. The van der Waals surface area contributed by atoms with Gasteiger partial charge in [0.05, 0.1) is 18.6 Å². The van der Waals surface area contributed by atoms with Gasteiger partial charge in [-0.1, -0.05) is 56.3 Å². The summed E-state index contributed by atoms with van der Waals surface area (Å²) in [5.74, 6) is -1.17. The highest BCUT2D eigenvalue weighted by Gasteiger charge is 2.20. The molecule has 5 nitrogen and oxygen atoms in total. The van der Waals surface area contributed by atoms with E-state index in [0.717, 1.165) is 5.56 Å². The molecule has 0 fully saturated rings. The van der Waals surface area contributed by atoms with Gasteiger partial charge in [0.15, 0.2) is 0 Å². The number of nitrogens with one attached hydrogen (secondary N) is 2. The molecule has 0 aliphatic carbocycles. The molecule has 2 atom stereocenters. The van der Waals surface area contributed by atoms with Gasteiger partial charge in [0, 0.05) is 0 Å². The summed E-state index contributed by atoms with van der Waals surface area (Å²) >= 11 is 0. The Morgan fingerprint density at radius 1 is 1.04 bits per heavy atom. The minimum atomic E-state index is -0.670. The Labute approximate surface area is 164 Å². The number of halogens is 2. The maximum atomic E-state index is 13.6. The second kappa shape index (κ2) is 10.6. The Kier molecular flexibility index (Phi) is 8.91. The van der Waals surface area contributed by atoms with Crippen molar-refractivity contribution in [3.8, 4) is 0 Å². The first-order valence-corrected chi connectivity index (χ1v) is 8.51. The maximum Gasteiger partial charge on any atom is 0.240 e. The lowest BCUT2D eigenvalue weighted by molar-refractivity contribution is -0.127. The van der Waals surface area contributed by atoms with Crippen LogP contribution in [0.15, 0.2) is 54.6 Å². The van der Waals surface area contributed by atoms with Crippen molar-refractivity contribution in [1.29, 1.82) is 0 Å². The van der Waals surface area contributed by atoms with Crippen LogP contribution in [0.25, 0.3) is 0 Å². The van der Waals surface area contributed by atoms with Crippen LogP contribution in [0.1, 0.15) is 31.0 Å². The van der Waals surface area contributed by atoms with Gasteiger partial charge in [-0.2, -0.15) is 0 Å². The fraction of sp³-hybridized carbons (Fsp3) is 0.300. The van der Waals surface area contributed by atoms with E-state index in [0.29, 0.717) is 5.56 Å². The first-order valence-electron chi connectivity index (χ1n) is 8.51. The Hall–Kier alpha value is -2.44. The van der Waals surface area contributed by atoms with Crippen molar-refractivity contribution < 1.29 is 14.0 Å². The zero-order valence-corrected chi connectivity index (χ0v) is 16.1. The highest BCUT2D eigenvalue weighted by molar-refractivity contribution is 5.87. The molecule has 0 aliphatic rings. The average Bonchev–Trinajstić information content (AvgIpc) is 2.64. The summed E-state index contributed by atoms with van der Waals surface area (Å²) < 4.78 is 13.6. The predicted octanol–water partition coefficient (Wildman–Crippen LogP) is 2.55. The second-order valence-corrected chi connectivity index (χ2v) is 6.45. The zero-order valence-electron chi connectivity index (χ0n) is 15.3. The second-order valence-electron chi connectivity index (χ2n) is 6.45. The fourth-order valence-corrected chi connectivity index (χ4v) is 2.49. The molecule has 2 amide bonds. The molecule has 4 N–H and O–H groups in total. The number of amides is 2. The van der Waals surface area contributed by atoms with Gasteiger partial charge in [-0.15, -0.1) is 12.4 Å². The van der Waals surface area contributed by atoms with Gasteiger partial charge < -0.3 is 16.4 Å². The topological polar surface area (TPSA) is 84.2 Å². The van der Waals surface area contributed by atoms with E-state index in [2.05, 4.69) is 10.6 Å². The minimum absolute atomic E-state index is 0. The molecule has 0 radical (unpaired) electrons. The fourth-order valence-electron chi connectivity index (χ4n) is 2.49. The van der Waals surface area contributed by atoms with E-state index in [9.17, 15) is 14.0 Å². The van der Waals surface area contributed by atoms with Crippen molar-refractivity contribution in [3.63, 3.8) is 0 Å². The summed E-state index contributed by atoms with van der Waals surface area (Å²) in [6, 6.07) is 14.1. The molecule has 0 saturated heterocycles. The monoisotopic (exact) mass is 393 g/mol. The summed E-state index contributed by atoms with van der Waals surface area (Å²) in [6.07, 6.45) is 0. The average molecular weight is 394 g/mol. The smallest absolute Gasteiger partial charge is 0.240 e. The first-order chi connectivity index (χ1) is 12.4. The van der Waals surface area contributed by atoms with Crippen molar-refractivity contribution in [2.75, 3.05) is 6.54 Å². The number of hydrogen-bond acceptors (Lipinski definition) is 3. The van der Waals surface area contributed by atoms with Crippen molar-refractivity contribution in [3.05, 3.63) is 71.5 Å². The van der Waals surface area contributed by atoms with E-state index in [1.54, 1.807) is 12.1 Å². The van der Waals surface area contributed by atoms with Gasteiger partial charge in [-0.3, -0.25) is 9.59 Å². The summed E-state index contributed by atoms with van der Waals surface area (Å²) in [5, 5.41) is 5.37. The van der Waals surface area contributed by atoms with Crippen molar-refractivity contribution in [2.45, 2.75) is 25.9 Å². The highest BCUT2D eigenvalue weighted by atomic mass is 35.5. The molecule has 2 aromatic rings. The van der Waals surface area contributed by atoms with Gasteiger partial charge >= 0.3 is 0 Å². The predicted molar refractivity (Wildman–Crippen MR) is 106 cm³/mol. The van der Waals surface area contributed by atoms with Crippen LogP contribution in [0, 0.1) is 11.7 Å². The normalized spacial score (nSPS) is 12.6. The Morgan fingerprint density at radius 2 is 1.67 bits per heavy atom. The molecule has 0 spiro atoms. The summed E-state index contributed by atoms with van der Waals surface area (Å²) in [5.41, 5.74) is 7.20. The largest absolute Gasteiger partial charge is 0.346 e. The third-order valence-corrected chi connectivity index (χ3v) is 4.06. The molecule has 0 aromatic heterocycles. The number of rotatable bonds is 7. The third kappa shape index (κ3) is 6.66. The summed E-state index contributed by atoms with van der Waals surface area (Å²) in [4.78, 5) is 24.2. The van der Waals surface area contributed by atoms with E-state index in [1.807, 2.05) is 44.2 Å². The van der Waals surface area contributed by atoms with Crippen LogP contribution < -0.4 is 16.4 Å². The van der Waals surface area contributed by atoms with Crippen molar-refractivity contribution in [1.82, 2.24) is 10.6 Å². The van der Waals surface area contributed by atoms with Crippen LogP contribution >= 0.6 is 12.4 Å². The Bertz CT molecular complexity index is 756. The molecule has 1 unspecified atom stereocenters. The van der Waals surface area contributed by atoms with Crippen molar-refractivity contribution in [2.24, 2.45) is 11.7 Å². The molecule has 2 aromatic carbocycles. The first kappa shape index (κ1) is 22.6. The van der Waals surface area contributed by atoms with Crippen LogP contribution in [0.3, 0.4) is 0 Å². The van der Waals surface area contributed by atoms with E-state index >= 15 is 0 Å². The summed E-state index contributed by atoms with van der Waals surface area (Å²) in [6.45, 7) is 3.47. The van der Waals surface area contributed by atoms with E-state index in [-0.39, 0.29) is 42.5 Å². The molecule has 2 rings (SSSR count). The van der Waals surface area contributed by atoms with E-state index in [4.69, 9.17) is 5.73 Å². The lowest BCUT2D eigenvalue weighted by atomic mass is 9.98. The molecular formula is C20H25ClFN3O2. The molecule has 7 heteroatoms. The van der Waals surface area contributed by atoms with Crippen LogP contribution in [0.5, 0.6) is 0 Å². The maximum absolute atomic E-state index is 13.6. The molecule has 0 heterocycles. The van der Waals surface area contributed by atoms with Crippen LogP contribution in [-0.2, 0) is 9.59 Å².